The maximum Gasteiger partial charge on any atom is 0.238 e. The van der Waals surface area contributed by atoms with E-state index in [0.717, 1.165) is 28.5 Å². The second kappa shape index (κ2) is 12.1. The zero-order valence-electron chi connectivity index (χ0n) is 24.8. The summed E-state index contributed by atoms with van der Waals surface area (Å²) in [6.45, 7) is 1.75. The van der Waals surface area contributed by atoms with Crippen LogP contribution in [0.5, 0.6) is 0 Å². The highest BCUT2D eigenvalue weighted by atomic mass is 19.1. The standard InChI is InChI=1S/C31H32FN11O/c1-42(2)8-7-34-21-10-18(9-20(32)12-21)28-30-24(5-6-35-28)38-31(39-30)29-23-13-25(36-16-26(23)40-41-29)19-11-22(15-33-14-19)37-27(44)17-43(3)4/h5-6,9-16,34H,7-8,17H2,1-4H3,(H,37,44)(H,38,39)(H,40,41). The first-order valence-electron chi connectivity index (χ1n) is 14.0. The van der Waals surface area contributed by atoms with Gasteiger partial charge in [-0.25, -0.2) is 9.37 Å². The molecular weight excluding hydrogens is 561 g/mol. The van der Waals surface area contributed by atoms with Crippen LogP contribution >= 0.6 is 0 Å². The molecule has 4 N–H and O–H groups in total. The number of nitrogens with zero attached hydrogens (tertiary/aromatic N) is 7. The summed E-state index contributed by atoms with van der Waals surface area (Å²) in [6, 6.07) is 10.4. The van der Waals surface area contributed by atoms with Gasteiger partial charge in [0.2, 0.25) is 5.91 Å². The van der Waals surface area contributed by atoms with Gasteiger partial charge in [0, 0.05) is 47.7 Å². The van der Waals surface area contributed by atoms with Crippen molar-refractivity contribution in [3.8, 4) is 34.0 Å². The third-order valence-corrected chi connectivity index (χ3v) is 6.91. The van der Waals surface area contributed by atoms with Crippen LogP contribution in [0.25, 0.3) is 56.0 Å². The molecule has 6 rings (SSSR count). The van der Waals surface area contributed by atoms with Gasteiger partial charge in [0.05, 0.1) is 47.0 Å². The number of anilines is 2. The summed E-state index contributed by atoms with van der Waals surface area (Å²) < 4.78 is 14.7. The number of benzene rings is 1. The van der Waals surface area contributed by atoms with Crippen molar-refractivity contribution in [2.75, 3.05) is 58.5 Å². The molecule has 6 aromatic rings. The number of halogens is 1. The highest BCUT2D eigenvalue weighted by molar-refractivity contribution is 5.97. The summed E-state index contributed by atoms with van der Waals surface area (Å²) in [5.41, 5.74) is 6.48. The van der Waals surface area contributed by atoms with Gasteiger partial charge < -0.3 is 25.4 Å². The summed E-state index contributed by atoms with van der Waals surface area (Å²) in [4.78, 5) is 37.7. The molecule has 0 bridgehead atoms. The predicted octanol–water partition coefficient (Wildman–Crippen LogP) is 4.24. The van der Waals surface area contributed by atoms with E-state index in [1.165, 1.54) is 12.1 Å². The van der Waals surface area contributed by atoms with E-state index in [4.69, 9.17) is 4.98 Å². The van der Waals surface area contributed by atoms with Gasteiger partial charge in [0.1, 0.15) is 17.0 Å². The molecule has 0 radical (unpaired) electrons. The van der Waals surface area contributed by atoms with Gasteiger partial charge in [0.25, 0.3) is 0 Å². The van der Waals surface area contributed by atoms with E-state index in [2.05, 4.69) is 45.7 Å². The number of imidazole rings is 1. The fourth-order valence-electron chi connectivity index (χ4n) is 4.90. The molecule has 1 aromatic carbocycles. The van der Waals surface area contributed by atoms with Crippen molar-refractivity contribution in [2.24, 2.45) is 0 Å². The van der Waals surface area contributed by atoms with E-state index in [1.807, 2.05) is 52.5 Å². The van der Waals surface area contributed by atoms with Crippen LogP contribution in [0.15, 0.2) is 61.2 Å². The van der Waals surface area contributed by atoms with Crippen LogP contribution in [0.1, 0.15) is 0 Å². The molecule has 0 saturated carbocycles. The quantitative estimate of drug-likeness (QED) is 0.183. The molecule has 0 saturated heterocycles. The average Bonchev–Trinajstić information content (AvgIpc) is 3.60. The van der Waals surface area contributed by atoms with Gasteiger partial charge >= 0.3 is 0 Å². The molecule has 44 heavy (non-hydrogen) atoms. The Kier molecular flexibility index (Phi) is 7.96. The highest BCUT2D eigenvalue weighted by Gasteiger charge is 2.18. The van der Waals surface area contributed by atoms with Gasteiger partial charge in [-0.2, -0.15) is 5.10 Å². The summed E-state index contributed by atoms with van der Waals surface area (Å²) in [5, 5.41) is 14.5. The van der Waals surface area contributed by atoms with Crippen molar-refractivity contribution >= 4 is 39.2 Å². The van der Waals surface area contributed by atoms with E-state index < -0.39 is 0 Å². The number of hydrogen-bond acceptors (Lipinski definition) is 9. The molecule has 0 aliphatic carbocycles. The van der Waals surface area contributed by atoms with E-state index in [1.54, 1.807) is 29.7 Å². The summed E-state index contributed by atoms with van der Waals surface area (Å²) in [7, 11) is 7.64. The first-order valence-corrected chi connectivity index (χ1v) is 14.0. The monoisotopic (exact) mass is 593 g/mol. The molecule has 0 atom stereocenters. The van der Waals surface area contributed by atoms with Crippen LogP contribution in [0, 0.1) is 5.82 Å². The second-order valence-corrected chi connectivity index (χ2v) is 11.0. The molecule has 0 fully saturated rings. The Morgan fingerprint density at radius 3 is 2.57 bits per heavy atom. The topological polar surface area (TPSA) is 144 Å². The van der Waals surface area contributed by atoms with Crippen LogP contribution in [0.2, 0.25) is 0 Å². The van der Waals surface area contributed by atoms with Gasteiger partial charge in [-0.15, -0.1) is 0 Å². The first-order chi connectivity index (χ1) is 21.2. The number of carbonyl (C=O) groups excluding carboxylic acids is 1. The number of hydrogen-bond donors (Lipinski definition) is 4. The van der Waals surface area contributed by atoms with Crippen LogP contribution in [-0.2, 0) is 4.79 Å². The Morgan fingerprint density at radius 1 is 0.909 bits per heavy atom. The van der Waals surface area contributed by atoms with E-state index >= 15 is 0 Å². The number of H-pyrrole nitrogens is 2. The van der Waals surface area contributed by atoms with E-state index in [9.17, 15) is 9.18 Å². The molecule has 224 valence electrons. The average molecular weight is 594 g/mol. The molecule has 1 amide bonds. The fraction of sp³-hybridized carbons (Fsp3) is 0.226. The van der Waals surface area contributed by atoms with Crippen molar-refractivity contribution < 1.29 is 9.18 Å². The Labute approximate surface area is 252 Å². The molecule has 12 nitrogen and oxygen atoms in total. The SMILES string of the molecule is CN(C)CCNc1cc(F)cc(-c2nccc3[nH]c(-c4n[nH]c5cnc(-c6cncc(NC(=O)CN(C)C)c6)cc45)nc23)c1. The molecule has 13 heteroatoms. The Morgan fingerprint density at radius 2 is 1.75 bits per heavy atom. The van der Waals surface area contributed by atoms with Gasteiger partial charge in [-0.05, 0) is 64.6 Å². The van der Waals surface area contributed by atoms with Crippen molar-refractivity contribution in [3.63, 3.8) is 0 Å². The third-order valence-electron chi connectivity index (χ3n) is 6.91. The number of aromatic amines is 2. The van der Waals surface area contributed by atoms with Crippen LogP contribution in [0.3, 0.4) is 0 Å². The summed E-state index contributed by atoms with van der Waals surface area (Å²) >= 11 is 0. The van der Waals surface area contributed by atoms with Crippen LogP contribution in [-0.4, -0.2) is 98.6 Å². The number of rotatable bonds is 10. The lowest BCUT2D eigenvalue weighted by Crippen LogP contribution is -2.27. The molecular formula is C31H32FN11O. The lowest BCUT2D eigenvalue weighted by Gasteiger charge is -2.12. The van der Waals surface area contributed by atoms with Crippen molar-refractivity contribution in [1.82, 2.24) is 44.9 Å². The minimum absolute atomic E-state index is 0.136. The van der Waals surface area contributed by atoms with Gasteiger partial charge in [0.15, 0.2) is 5.82 Å². The van der Waals surface area contributed by atoms with Gasteiger partial charge in [-0.1, -0.05) is 0 Å². The predicted molar refractivity (Wildman–Crippen MR) is 170 cm³/mol. The fourth-order valence-corrected chi connectivity index (χ4v) is 4.90. The lowest BCUT2D eigenvalue weighted by molar-refractivity contribution is -0.116. The first kappa shape index (κ1) is 28.8. The number of likely N-dealkylation sites (N-methyl/N-ethyl adjacent to an activating group) is 2. The zero-order chi connectivity index (χ0) is 30.8. The molecule has 5 heterocycles. The number of pyridine rings is 3. The number of fused-ring (bicyclic) bond motifs is 2. The number of nitrogens with one attached hydrogen (secondary N) is 4. The molecule has 0 aliphatic rings. The Hall–Kier alpha value is -5.27. The minimum atomic E-state index is -0.362. The van der Waals surface area contributed by atoms with Gasteiger partial charge in [-0.3, -0.25) is 24.8 Å². The van der Waals surface area contributed by atoms with Crippen molar-refractivity contribution in [2.45, 2.75) is 0 Å². The smallest absolute Gasteiger partial charge is 0.238 e. The van der Waals surface area contributed by atoms with Crippen LogP contribution in [0.4, 0.5) is 15.8 Å². The lowest BCUT2D eigenvalue weighted by atomic mass is 10.1. The highest BCUT2D eigenvalue weighted by Crippen LogP contribution is 2.33. The maximum atomic E-state index is 14.7. The second-order valence-electron chi connectivity index (χ2n) is 11.0. The molecule has 0 spiro atoms. The summed E-state index contributed by atoms with van der Waals surface area (Å²) in [5.74, 6) is 0.0306. The Bertz CT molecular complexity index is 1960. The largest absolute Gasteiger partial charge is 0.384 e. The van der Waals surface area contributed by atoms with Crippen LogP contribution < -0.4 is 10.6 Å². The normalized spacial score (nSPS) is 11.6. The molecule has 0 unspecified atom stereocenters. The molecule has 5 aromatic heterocycles. The number of aromatic nitrogens is 7. The van der Waals surface area contributed by atoms with E-state index in [0.29, 0.717) is 51.9 Å². The Balaban J connectivity index is 1.33. The molecule has 0 aliphatic heterocycles. The number of amides is 1. The van der Waals surface area contributed by atoms with E-state index in [-0.39, 0.29) is 18.3 Å². The zero-order valence-corrected chi connectivity index (χ0v) is 24.8. The minimum Gasteiger partial charge on any atom is -0.384 e. The summed E-state index contributed by atoms with van der Waals surface area (Å²) in [6.07, 6.45) is 6.66. The van der Waals surface area contributed by atoms with Crippen molar-refractivity contribution in [1.29, 1.82) is 0 Å². The van der Waals surface area contributed by atoms with Crippen molar-refractivity contribution in [3.05, 3.63) is 67.0 Å². The maximum absolute atomic E-state index is 14.7. The third kappa shape index (κ3) is 6.23. The number of carbonyl (C=O) groups is 1.